The summed E-state index contributed by atoms with van der Waals surface area (Å²) in [7, 11) is 0. The average molecular weight is 959 g/mol. The summed E-state index contributed by atoms with van der Waals surface area (Å²) in [4.78, 5) is 137. The summed E-state index contributed by atoms with van der Waals surface area (Å²) in [6, 6.07) is -2.74. The molecule has 366 valence electrons. The number of hydrogen-bond donors (Lipinski definition) is 7. The molecule has 22 heteroatoms. The molecule has 5 aliphatic rings. The number of carbonyl (C=O) groups is 11. The smallest absolute Gasteiger partial charge is 0.306 e. The third-order valence-corrected chi connectivity index (χ3v) is 15.1. The summed E-state index contributed by atoms with van der Waals surface area (Å²) in [6.07, 6.45) is 6.05. The van der Waals surface area contributed by atoms with Gasteiger partial charge in [-0.15, -0.1) is 11.6 Å². The predicted octanol–water partition coefficient (Wildman–Crippen LogP) is -0.374. The first-order valence-electron chi connectivity index (χ1n) is 22.2. The van der Waals surface area contributed by atoms with Crippen LogP contribution in [0.1, 0.15) is 86.0 Å². The maximum Gasteiger partial charge on any atom is 0.306 e. The fourth-order valence-electron chi connectivity index (χ4n) is 10.7. The van der Waals surface area contributed by atoms with E-state index in [0.717, 1.165) is 22.6 Å². The number of carboxylic acids is 1. The number of allylic oxidation sites excluding steroid dienone is 4. The van der Waals surface area contributed by atoms with E-state index in [2.05, 4.69) is 26.6 Å². The lowest BCUT2D eigenvalue weighted by Crippen LogP contribution is -2.69. The Morgan fingerprint density at radius 2 is 1.57 bits per heavy atom. The molecule has 67 heavy (non-hydrogen) atoms. The van der Waals surface area contributed by atoms with Crippen molar-refractivity contribution in [1.82, 2.24) is 31.5 Å². The standard InChI is InChI=1S/C45H59ClN6O15/c1-6-39(63)67-45(24(2)17-29-28-8-7-26-18-27(53)13-15-42(26,4)44(28,46)31(54)19-43(29,45)5)32(55)22-66-23-49-34(57)20-48-40(64)25(3)50-41(65)30(9-12-38(61)62)51-35(58)21-47-33(56)14-16-52-36(59)10-11-37(52)60/h10-11,13,15,18,24-25,28-31,54H,6-9,12,14,16-17,19-23H2,1-5H3,(H,47,56)(H,48,64)(H,49,57)(H,50,65)(H,51,58)(H,61,62)/t24-,25-,28-,29?,30-,31-,42-,43-,44-,45-/m0/s1. The van der Waals surface area contributed by atoms with E-state index in [1.807, 2.05) is 20.8 Å². The van der Waals surface area contributed by atoms with Gasteiger partial charge >= 0.3 is 11.9 Å². The van der Waals surface area contributed by atoms with E-state index in [1.165, 1.54) is 13.0 Å². The third kappa shape index (κ3) is 10.5. The number of ether oxygens (including phenoxy) is 2. The number of aliphatic carboxylic acids is 1. The lowest BCUT2D eigenvalue weighted by atomic mass is 9.45. The number of carbonyl (C=O) groups excluding carboxylic acids is 10. The molecule has 0 aromatic heterocycles. The van der Waals surface area contributed by atoms with E-state index < -0.39 is 137 Å². The van der Waals surface area contributed by atoms with Gasteiger partial charge in [0.05, 0.1) is 24.1 Å². The zero-order chi connectivity index (χ0) is 49.6. The number of hydrogen-bond acceptors (Lipinski definition) is 14. The largest absolute Gasteiger partial charge is 0.481 e. The van der Waals surface area contributed by atoms with Crippen LogP contribution in [0.4, 0.5) is 0 Å². The van der Waals surface area contributed by atoms with Gasteiger partial charge in [-0.3, -0.25) is 57.6 Å². The highest BCUT2D eigenvalue weighted by Gasteiger charge is 2.76. The lowest BCUT2D eigenvalue weighted by Gasteiger charge is -2.64. The van der Waals surface area contributed by atoms with Crippen LogP contribution in [-0.2, 0) is 62.2 Å². The molecule has 1 aliphatic heterocycles. The Labute approximate surface area is 391 Å². The molecule has 7 N–H and O–H groups in total. The number of rotatable bonds is 21. The number of halogens is 1. The van der Waals surface area contributed by atoms with E-state index in [-0.39, 0.29) is 49.8 Å². The minimum atomic E-state index is -1.72. The first-order valence-corrected chi connectivity index (χ1v) is 22.6. The van der Waals surface area contributed by atoms with Crippen molar-refractivity contribution in [3.63, 3.8) is 0 Å². The van der Waals surface area contributed by atoms with Crippen molar-refractivity contribution >= 4 is 76.5 Å². The topological polar surface area (TPSA) is 310 Å². The maximum atomic E-state index is 14.4. The van der Waals surface area contributed by atoms with Crippen LogP contribution in [-0.4, -0.2) is 142 Å². The Kier molecular flexibility index (Phi) is 16.4. The Balaban J connectivity index is 1.11. The summed E-state index contributed by atoms with van der Waals surface area (Å²) < 4.78 is 11.8. The first-order chi connectivity index (χ1) is 31.4. The van der Waals surface area contributed by atoms with Crippen molar-refractivity contribution in [2.24, 2.45) is 28.6 Å². The van der Waals surface area contributed by atoms with Gasteiger partial charge in [-0.2, -0.15) is 0 Å². The zero-order valence-electron chi connectivity index (χ0n) is 38.1. The van der Waals surface area contributed by atoms with Gasteiger partial charge in [-0.25, -0.2) is 0 Å². The number of carboxylic acid groups (broad SMARTS) is 1. The number of nitrogens with zero attached hydrogens (tertiary/aromatic N) is 1. The van der Waals surface area contributed by atoms with Crippen molar-refractivity contribution in [3.8, 4) is 0 Å². The van der Waals surface area contributed by atoms with Crippen LogP contribution in [0.3, 0.4) is 0 Å². The van der Waals surface area contributed by atoms with Gasteiger partial charge in [0.2, 0.25) is 35.3 Å². The lowest BCUT2D eigenvalue weighted by molar-refractivity contribution is -0.203. The average Bonchev–Trinajstić information content (AvgIpc) is 3.71. The number of ketones is 2. The fraction of sp³-hybridized carbons (Fsp3) is 0.622. The number of alkyl halides is 1. The van der Waals surface area contributed by atoms with Crippen LogP contribution in [0.2, 0.25) is 0 Å². The van der Waals surface area contributed by atoms with E-state index in [9.17, 15) is 57.8 Å². The Bertz CT molecular complexity index is 2160. The third-order valence-electron chi connectivity index (χ3n) is 14.1. The highest BCUT2D eigenvalue weighted by Crippen LogP contribution is 2.72. The van der Waals surface area contributed by atoms with Crippen LogP contribution in [0.5, 0.6) is 0 Å². The number of aliphatic hydroxyl groups is 1. The summed E-state index contributed by atoms with van der Waals surface area (Å²) >= 11 is 7.57. The Morgan fingerprint density at radius 3 is 2.22 bits per heavy atom. The molecule has 21 nitrogen and oxygen atoms in total. The minimum Gasteiger partial charge on any atom is -0.481 e. The first kappa shape index (κ1) is 52.2. The molecule has 0 bridgehead atoms. The molecule has 1 unspecified atom stereocenters. The molecule has 4 aliphatic carbocycles. The molecule has 0 aromatic carbocycles. The number of imide groups is 1. The van der Waals surface area contributed by atoms with Gasteiger partial charge in [0.15, 0.2) is 11.4 Å². The highest BCUT2D eigenvalue weighted by molar-refractivity contribution is 6.26. The fourth-order valence-corrected chi connectivity index (χ4v) is 11.2. The van der Waals surface area contributed by atoms with Gasteiger partial charge in [0.1, 0.15) is 25.4 Å². The van der Waals surface area contributed by atoms with E-state index >= 15 is 0 Å². The number of nitrogens with one attached hydrogen (secondary N) is 5. The molecular formula is C45H59ClN6O15. The van der Waals surface area contributed by atoms with E-state index in [4.69, 9.17) is 26.2 Å². The van der Waals surface area contributed by atoms with E-state index in [1.54, 1.807) is 19.1 Å². The zero-order valence-corrected chi connectivity index (χ0v) is 38.8. The molecular weight excluding hydrogens is 900 g/mol. The highest BCUT2D eigenvalue weighted by atomic mass is 35.5. The normalized spacial score (nSPS) is 30.2. The summed E-state index contributed by atoms with van der Waals surface area (Å²) in [5.41, 5.74) is -2.80. The van der Waals surface area contributed by atoms with Gasteiger partial charge in [-0.05, 0) is 63.0 Å². The molecule has 1 heterocycles. The molecule has 10 atom stereocenters. The van der Waals surface area contributed by atoms with Gasteiger partial charge < -0.3 is 46.3 Å². The molecule has 0 aromatic rings. The number of amides is 7. The predicted molar refractivity (Wildman–Crippen MR) is 234 cm³/mol. The van der Waals surface area contributed by atoms with Crippen molar-refractivity contribution < 1.29 is 72.4 Å². The Hall–Kier alpha value is -5.80. The monoisotopic (exact) mass is 958 g/mol. The van der Waals surface area contributed by atoms with Crippen LogP contribution in [0.15, 0.2) is 36.0 Å². The molecule has 7 amide bonds. The van der Waals surface area contributed by atoms with Crippen LogP contribution >= 0.6 is 11.6 Å². The van der Waals surface area contributed by atoms with Crippen LogP contribution in [0, 0.1) is 28.6 Å². The molecule has 3 fully saturated rings. The summed E-state index contributed by atoms with van der Waals surface area (Å²) in [5, 5.41) is 32.9. The number of aliphatic hydroxyl groups excluding tert-OH is 1. The van der Waals surface area contributed by atoms with Crippen molar-refractivity contribution in [2.45, 2.75) is 115 Å². The molecule has 3 saturated carbocycles. The summed E-state index contributed by atoms with van der Waals surface area (Å²) in [6.45, 7) is 5.91. The quantitative estimate of drug-likeness (QED) is 0.0254. The second kappa shape index (κ2) is 21.0. The number of Topliss-reactive ketones (excluding diaryl/α,β-unsaturated/α-hetero) is 1. The van der Waals surface area contributed by atoms with Crippen molar-refractivity contribution in [1.29, 1.82) is 0 Å². The maximum absolute atomic E-state index is 14.4. The van der Waals surface area contributed by atoms with Crippen molar-refractivity contribution in [3.05, 3.63) is 36.0 Å². The molecule has 0 radical (unpaired) electrons. The number of esters is 1. The minimum absolute atomic E-state index is 0.0106. The van der Waals surface area contributed by atoms with Gasteiger partial charge in [0, 0.05) is 54.7 Å². The van der Waals surface area contributed by atoms with Crippen LogP contribution < -0.4 is 26.6 Å². The number of fused-ring (bicyclic) bond motifs is 5. The van der Waals surface area contributed by atoms with E-state index in [0.29, 0.717) is 19.3 Å². The van der Waals surface area contributed by atoms with Crippen LogP contribution in [0.25, 0.3) is 0 Å². The second-order valence-electron chi connectivity index (χ2n) is 18.2. The van der Waals surface area contributed by atoms with Crippen molar-refractivity contribution in [2.75, 3.05) is 33.0 Å². The van der Waals surface area contributed by atoms with Gasteiger partial charge in [0.25, 0.3) is 11.8 Å². The Morgan fingerprint density at radius 1 is 0.896 bits per heavy atom. The van der Waals surface area contributed by atoms with Gasteiger partial charge in [-0.1, -0.05) is 39.3 Å². The SMILES string of the molecule is CCC(=O)O[C@]1(C(=O)COCNC(=O)CNC(=O)[C@H](C)NC(=O)[C@H](CCC(=O)O)NC(=O)CNC(=O)CCN2C(=O)C=CC2=O)[C@@H](C)CC2[C@@H]3CCC4=CC(=O)C=C[C@]4(C)[C@@]3(Cl)[C@@H](O)C[C@@]21C. The summed E-state index contributed by atoms with van der Waals surface area (Å²) in [5.74, 6) is -8.98. The molecule has 5 rings (SSSR count). The second-order valence-corrected chi connectivity index (χ2v) is 18.8. The molecule has 0 spiro atoms. The molecule has 0 saturated heterocycles.